The number of rotatable bonds is 3. The first-order chi connectivity index (χ1) is 12.4. The lowest BCUT2D eigenvalue weighted by atomic mass is 9.87. The number of nitrogens with zero attached hydrogens (tertiary/aromatic N) is 2. The highest BCUT2D eigenvalue weighted by molar-refractivity contribution is 5.97. The van der Waals surface area contributed by atoms with Crippen LogP contribution in [0.5, 0.6) is 0 Å². The molecule has 0 saturated heterocycles. The predicted molar refractivity (Wildman–Crippen MR) is 91.3 cm³/mol. The standard InChI is InChI=1S/C19H21N3O4/c1-12-20-16(22-26-12)19(9-5-6-10-19)21-17(24)18(2)11-13-7-3-4-8-14(13)15(23)25-18/h3-4,7-8H,5-6,9-11H2,1-2H3,(H,21,24). The minimum absolute atomic E-state index is 0.329. The molecule has 1 aromatic carbocycles. The molecule has 1 amide bonds. The summed E-state index contributed by atoms with van der Waals surface area (Å²) in [7, 11) is 0. The molecule has 1 N–H and O–H groups in total. The zero-order valence-electron chi connectivity index (χ0n) is 14.9. The Kier molecular flexibility index (Phi) is 3.82. The van der Waals surface area contributed by atoms with Gasteiger partial charge in [-0.1, -0.05) is 36.2 Å². The molecule has 0 radical (unpaired) electrons. The number of amides is 1. The first-order valence-electron chi connectivity index (χ1n) is 8.87. The Morgan fingerprint density at radius 1 is 1.23 bits per heavy atom. The molecule has 1 unspecified atom stereocenters. The van der Waals surface area contributed by atoms with Gasteiger partial charge in [0.2, 0.25) is 5.89 Å². The van der Waals surface area contributed by atoms with Crippen LogP contribution in [0.1, 0.15) is 60.2 Å². The summed E-state index contributed by atoms with van der Waals surface area (Å²) in [6.45, 7) is 3.38. The number of carbonyl (C=O) groups is 2. The summed E-state index contributed by atoms with van der Waals surface area (Å²) < 4.78 is 10.7. The van der Waals surface area contributed by atoms with Gasteiger partial charge in [0.05, 0.1) is 5.56 Å². The summed E-state index contributed by atoms with van der Waals surface area (Å²) in [6.07, 6.45) is 3.74. The van der Waals surface area contributed by atoms with Crippen molar-refractivity contribution in [1.82, 2.24) is 15.5 Å². The molecule has 26 heavy (non-hydrogen) atoms. The van der Waals surface area contributed by atoms with E-state index in [-0.39, 0.29) is 5.91 Å². The second kappa shape index (κ2) is 5.93. The van der Waals surface area contributed by atoms with Crippen molar-refractivity contribution in [3.8, 4) is 0 Å². The van der Waals surface area contributed by atoms with Crippen molar-refractivity contribution in [3.63, 3.8) is 0 Å². The Bertz CT molecular complexity index is 869. The van der Waals surface area contributed by atoms with Gasteiger partial charge in [0.1, 0.15) is 5.54 Å². The minimum atomic E-state index is -1.26. The van der Waals surface area contributed by atoms with Gasteiger partial charge in [-0.05, 0) is 31.4 Å². The molecular weight excluding hydrogens is 334 g/mol. The van der Waals surface area contributed by atoms with Crippen LogP contribution in [0.3, 0.4) is 0 Å². The number of hydrogen-bond acceptors (Lipinski definition) is 6. The maximum atomic E-state index is 13.1. The quantitative estimate of drug-likeness (QED) is 0.850. The zero-order valence-corrected chi connectivity index (χ0v) is 14.9. The van der Waals surface area contributed by atoms with Crippen LogP contribution in [0.25, 0.3) is 0 Å². The van der Waals surface area contributed by atoms with Crippen LogP contribution >= 0.6 is 0 Å². The second-order valence-corrected chi connectivity index (χ2v) is 7.33. The first kappa shape index (κ1) is 16.8. The lowest BCUT2D eigenvalue weighted by Crippen LogP contribution is -2.57. The molecule has 136 valence electrons. The van der Waals surface area contributed by atoms with Crippen molar-refractivity contribution in [1.29, 1.82) is 0 Å². The largest absolute Gasteiger partial charge is 0.445 e. The molecule has 2 heterocycles. The van der Waals surface area contributed by atoms with Crippen molar-refractivity contribution in [2.45, 2.75) is 57.1 Å². The van der Waals surface area contributed by atoms with Crippen molar-refractivity contribution >= 4 is 11.9 Å². The van der Waals surface area contributed by atoms with E-state index in [1.807, 2.05) is 12.1 Å². The Morgan fingerprint density at radius 3 is 2.65 bits per heavy atom. The summed E-state index contributed by atoms with van der Waals surface area (Å²) in [4.78, 5) is 29.8. The van der Waals surface area contributed by atoms with Crippen molar-refractivity contribution in [3.05, 3.63) is 47.1 Å². The lowest BCUT2D eigenvalue weighted by Gasteiger charge is -2.36. The Morgan fingerprint density at radius 2 is 1.96 bits per heavy atom. The number of cyclic esters (lactones) is 1. The van der Waals surface area contributed by atoms with Crippen LogP contribution in [0.2, 0.25) is 0 Å². The van der Waals surface area contributed by atoms with E-state index in [0.717, 1.165) is 31.2 Å². The maximum Gasteiger partial charge on any atom is 0.339 e. The lowest BCUT2D eigenvalue weighted by molar-refractivity contribution is -0.142. The van der Waals surface area contributed by atoms with Crippen LogP contribution in [0, 0.1) is 6.92 Å². The van der Waals surface area contributed by atoms with Gasteiger partial charge in [-0.2, -0.15) is 4.98 Å². The summed E-state index contributed by atoms with van der Waals surface area (Å²) in [5, 5.41) is 7.12. The third-order valence-electron chi connectivity index (χ3n) is 5.33. The van der Waals surface area contributed by atoms with E-state index in [1.165, 1.54) is 0 Å². The molecule has 1 aliphatic heterocycles. The van der Waals surface area contributed by atoms with Crippen LogP contribution in [-0.4, -0.2) is 27.6 Å². The fourth-order valence-corrected chi connectivity index (χ4v) is 3.89. The van der Waals surface area contributed by atoms with E-state index < -0.39 is 17.1 Å². The van der Waals surface area contributed by atoms with Gasteiger partial charge < -0.3 is 14.6 Å². The van der Waals surface area contributed by atoms with E-state index in [0.29, 0.717) is 23.7 Å². The van der Waals surface area contributed by atoms with Gasteiger partial charge >= 0.3 is 5.97 Å². The van der Waals surface area contributed by atoms with E-state index in [2.05, 4.69) is 15.5 Å². The number of aromatic nitrogens is 2. The molecule has 2 aliphatic rings. The topological polar surface area (TPSA) is 94.3 Å². The molecule has 2 aromatic rings. The summed E-state index contributed by atoms with van der Waals surface area (Å²) in [5.41, 5.74) is -0.597. The van der Waals surface area contributed by atoms with E-state index in [1.54, 1.807) is 26.0 Å². The zero-order chi connectivity index (χ0) is 18.4. The number of aryl methyl sites for hydroxylation is 1. The molecule has 1 saturated carbocycles. The molecular formula is C19H21N3O4. The summed E-state index contributed by atoms with van der Waals surface area (Å²) in [5.74, 6) is 0.154. The molecule has 1 fully saturated rings. The monoisotopic (exact) mass is 355 g/mol. The Balaban J connectivity index is 1.62. The average Bonchev–Trinajstić information content (AvgIpc) is 3.25. The molecule has 1 atom stereocenters. The summed E-state index contributed by atoms with van der Waals surface area (Å²) in [6, 6.07) is 7.22. The third-order valence-corrected chi connectivity index (χ3v) is 5.33. The number of ether oxygens (including phenoxy) is 1. The molecule has 0 bridgehead atoms. The fraction of sp³-hybridized carbons (Fsp3) is 0.474. The van der Waals surface area contributed by atoms with E-state index in [9.17, 15) is 9.59 Å². The van der Waals surface area contributed by atoms with Gasteiger partial charge in [-0.25, -0.2) is 4.79 Å². The predicted octanol–water partition coefficient (Wildman–Crippen LogP) is 2.44. The number of benzene rings is 1. The Labute approximate surface area is 151 Å². The van der Waals surface area contributed by atoms with Crippen LogP contribution in [-0.2, 0) is 21.5 Å². The highest BCUT2D eigenvalue weighted by Gasteiger charge is 2.48. The van der Waals surface area contributed by atoms with Gasteiger partial charge in [0.25, 0.3) is 5.91 Å². The SMILES string of the molecule is Cc1nc(C2(NC(=O)C3(C)Cc4ccccc4C(=O)O3)CCCC2)no1. The highest BCUT2D eigenvalue weighted by atomic mass is 16.6. The molecule has 7 nitrogen and oxygen atoms in total. The van der Waals surface area contributed by atoms with E-state index >= 15 is 0 Å². The molecule has 1 aliphatic carbocycles. The van der Waals surface area contributed by atoms with Crippen molar-refractivity contribution < 1.29 is 18.8 Å². The third kappa shape index (κ3) is 2.67. The molecule has 4 rings (SSSR count). The molecule has 1 aromatic heterocycles. The van der Waals surface area contributed by atoms with Crippen LogP contribution in [0.15, 0.2) is 28.8 Å². The maximum absolute atomic E-state index is 13.1. The number of hydrogen-bond donors (Lipinski definition) is 1. The second-order valence-electron chi connectivity index (χ2n) is 7.33. The van der Waals surface area contributed by atoms with Crippen molar-refractivity contribution in [2.75, 3.05) is 0 Å². The fourth-order valence-electron chi connectivity index (χ4n) is 3.89. The minimum Gasteiger partial charge on any atom is -0.445 e. The van der Waals surface area contributed by atoms with Crippen LogP contribution in [0.4, 0.5) is 0 Å². The number of nitrogens with one attached hydrogen (secondary N) is 1. The number of esters is 1. The number of carbonyl (C=O) groups excluding carboxylic acids is 2. The van der Waals surface area contributed by atoms with Gasteiger partial charge in [0, 0.05) is 13.3 Å². The van der Waals surface area contributed by atoms with Gasteiger partial charge in [-0.15, -0.1) is 0 Å². The van der Waals surface area contributed by atoms with Crippen molar-refractivity contribution in [2.24, 2.45) is 0 Å². The average molecular weight is 355 g/mol. The van der Waals surface area contributed by atoms with Crippen LogP contribution < -0.4 is 5.32 Å². The summed E-state index contributed by atoms with van der Waals surface area (Å²) >= 11 is 0. The molecule has 0 spiro atoms. The van der Waals surface area contributed by atoms with Gasteiger partial charge in [0.15, 0.2) is 11.4 Å². The smallest absolute Gasteiger partial charge is 0.339 e. The van der Waals surface area contributed by atoms with Gasteiger partial charge in [-0.3, -0.25) is 4.79 Å². The molecule has 7 heteroatoms. The number of fused-ring (bicyclic) bond motifs is 1. The Hall–Kier alpha value is -2.70. The first-order valence-corrected chi connectivity index (χ1v) is 8.87. The normalized spacial score (nSPS) is 24.0. The van der Waals surface area contributed by atoms with E-state index in [4.69, 9.17) is 9.26 Å². The highest BCUT2D eigenvalue weighted by Crippen LogP contribution is 2.38.